The van der Waals surface area contributed by atoms with Crippen molar-refractivity contribution in [2.45, 2.75) is 25.8 Å². The van der Waals surface area contributed by atoms with E-state index in [2.05, 4.69) is 22.4 Å². The van der Waals surface area contributed by atoms with Crippen molar-refractivity contribution in [1.29, 1.82) is 0 Å². The Morgan fingerprint density at radius 3 is 3.15 bits per heavy atom. The molecule has 0 bridgehead atoms. The van der Waals surface area contributed by atoms with Crippen molar-refractivity contribution >= 4 is 17.3 Å². The Hall–Kier alpha value is -0.830. The molecule has 1 heterocycles. The zero-order valence-corrected chi connectivity index (χ0v) is 8.25. The van der Waals surface area contributed by atoms with Crippen LogP contribution in [0, 0.1) is 5.92 Å². The monoisotopic (exact) mass is 197 g/mol. The van der Waals surface area contributed by atoms with Crippen molar-refractivity contribution in [1.82, 2.24) is 10.2 Å². The molecule has 1 aliphatic carbocycles. The lowest BCUT2D eigenvalue weighted by molar-refractivity contribution is 0.774. The molecule has 13 heavy (non-hydrogen) atoms. The minimum absolute atomic E-state index is 0.443. The van der Waals surface area contributed by atoms with E-state index in [-0.39, 0.29) is 0 Å². The van der Waals surface area contributed by atoms with Crippen LogP contribution in [-0.4, -0.2) is 16.2 Å². The van der Waals surface area contributed by atoms with Gasteiger partial charge in [-0.25, -0.2) is 0 Å². The third kappa shape index (κ3) is 2.10. The third-order valence-electron chi connectivity index (χ3n) is 2.42. The summed E-state index contributed by atoms with van der Waals surface area (Å²) in [5.74, 6) is 0.826. The van der Waals surface area contributed by atoms with E-state index in [1.807, 2.05) is 0 Å². The Morgan fingerprint density at radius 1 is 1.69 bits per heavy atom. The van der Waals surface area contributed by atoms with Gasteiger partial charge in [-0.1, -0.05) is 24.9 Å². The van der Waals surface area contributed by atoms with E-state index < -0.39 is 0 Å². The molecular formula is C9H12ClN3. The van der Waals surface area contributed by atoms with E-state index in [1.165, 1.54) is 12.8 Å². The Kier molecular flexibility index (Phi) is 2.36. The predicted octanol–water partition coefficient (Wildman–Crippen LogP) is 2.34. The van der Waals surface area contributed by atoms with Gasteiger partial charge in [0.15, 0.2) is 5.15 Å². The molecule has 2 atom stereocenters. The molecule has 0 aromatic carbocycles. The van der Waals surface area contributed by atoms with Gasteiger partial charge < -0.3 is 5.32 Å². The second-order valence-electron chi connectivity index (χ2n) is 3.42. The third-order valence-corrected chi connectivity index (χ3v) is 2.61. The second kappa shape index (κ2) is 3.50. The maximum Gasteiger partial charge on any atom is 0.153 e. The summed E-state index contributed by atoms with van der Waals surface area (Å²) in [5, 5.41) is 11.3. The average Bonchev–Trinajstić information content (AvgIpc) is 2.83. The minimum Gasteiger partial charge on any atom is -0.381 e. The summed E-state index contributed by atoms with van der Waals surface area (Å²) in [7, 11) is 0. The second-order valence-corrected chi connectivity index (χ2v) is 3.81. The molecule has 1 saturated carbocycles. The summed E-state index contributed by atoms with van der Waals surface area (Å²) in [6.45, 7) is 2.21. The largest absolute Gasteiger partial charge is 0.381 e. The molecule has 1 aromatic heterocycles. The van der Waals surface area contributed by atoms with Gasteiger partial charge in [0, 0.05) is 12.1 Å². The molecule has 0 amide bonds. The first-order valence-corrected chi connectivity index (χ1v) is 4.92. The standard InChI is InChI=1S/C9H12ClN3/c1-2-6-3-8(6)12-7-4-9(10)13-11-5-7/h4-6,8H,2-3H2,1H3,(H,12,13). The van der Waals surface area contributed by atoms with E-state index >= 15 is 0 Å². The first-order valence-electron chi connectivity index (χ1n) is 4.54. The zero-order valence-electron chi connectivity index (χ0n) is 7.50. The van der Waals surface area contributed by atoms with Crippen molar-refractivity contribution in [3.63, 3.8) is 0 Å². The molecule has 1 aliphatic rings. The summed E-state index contributed by atoms with van der Waals surface area (Å²) in [4.78, 5) is 0. The summed E-state index contributed by atoms with van der Waals surface area (Å²) in [5.41, 5.74) is 0.973. The maximum atomic E-state index is 5.71. The van der Waals surface area contributed by atoms with Crippen LogP contribution in [0.25, 0.3) is 0 Å². The molecule has 1 fully saturated rings. The number of halogens is 1. The quantitative estimate of drug-likeness (QED) is 0.809. The van der Waals surface area contributed by atoms with E-state index in [4.69, 9.17) is 11.6 Å². The van der Waals surface area contributed by atoms with Gasteiger partial charge >= 0.3 is 0 Å². The molecule has 3 nitrogen and oxygen atoms in total. The number of aromatic nitrogens is 2. The van der Waals surface area contributed by atoms with Gasteiger partial charge in [-0.3, -0.25) is 0 Å². The number of nitrogens with one attached hydrogen (secondary N) is 1. The highest BCUT2D eigenvalue weighted by Gasteiger charge is 2.35. The lowest BCUT2D eigenvalue weighted by Gasteiger charge is -2.03. The van der Waals surface area contributed by atoms with Crippen LogP contribution in [0.5, 0.6) is 0 Å². The molecular weight excluding hydrogens is 186 g/mol. The lowest BCUT2D eigenvalue weighted by Crippen LogP contribution is -2.04. The van der Waals surface area contributed by atoms with Gasteiger partial charge in [0.2, 0.25) is 0 Å². The first kappa shape index (κ1) is 8.75. The Labute approximate surface area is 82.5 Å². The molecule has 0 aliphatic heterocycles. The number of hydrogen-bond acceptors (Lipinski definition) is 3. The zero-order chi connectivity index (χ0) is 9.26. The van der Waals surface area contributed by atoms with Crippen molar-refractivity contribution in [2.24, 2.45) is 5.92 Å². The normalized spacial score (nSPS) is 25.7. The van der Waals surface area contributed by atoms with E-state index in [9.17, 15) is 0 Å². The summed E-state index contributed by atoms with van der Waals surface area (Å²) < 4.78 is 0. The van der Waals surface area contributed by atoms with Crippen molar-refractivity contribution in [2.75, 3.05) is 5.32 Å². The lowest BCUT2D eigenvalue weighted by atomic mass is 10.3. The molecule has 0 radical (unpaired) electrons. The predicted molar refractivity (Wildman–Crippen MR) is 52.9 cm³/mol. The fraction of sp³-hybridized carbons (Fsp3) is 0.556. The highest BCUT2D eigenvalue weighted by molar-refractivity contribution is 6.29. The van der Waals surface area contributed by atoms with Crippen LogP contribution in [0.1, 0.15) is 19.8 Å². The summed E-state index contributed by atoms with van der Waals surface area (Å²) >= 11 is 5.71. The molecule has 1 aromatic rings. The SMILES string of the molecule is CCC1CC1Nc1cnnc(Cl)c1. The van der Waals surface area contributed by atoms with Gasteiger partial charge in [0.25, 0.3) is 0 Å². The van der Waals surface area contributed by atoms with Crippen molar-refractivity contribution < 1.29 is 0 Å². The van der Waals surface area contributed by atoms with E-state index in [0.29, 0.717) is 11.2 Å². The van der Waals surface area contributed by atoms with E-state index in [1.54, 1.807) is 12.3 Å². The number of nitrogens with zero attached hydrogens (tertiary/aromatic N) is 2. The van der Waals surface area contributed by atoms with Gasteiger partial charge in [-0.15, -0.1) is 5.10 Å². The maximum absolute atomic E-state index is 5.71. The fourth-order valence-corrected chi connectivity index (χ4v) is 1.67. The van der Waals surface area contributed by atoms with Crippen LogP contribution in [0.15, 0.2) is 12.3 Å². The Balaban J connectivity index is 1.95. The Morgan fingerprint density at radius 2 is 2.54 bits per heavy atom. The van der Waals surface area contributed by atoms with Gasteiger partial charge in [0.05, 0.1) is 11.9 Å². The summed E-state index contributed by atoms with van der Waals surface area (Å²) in [6.07, 6.45) is 4.21. The smallest absolute Gasteiger partial charge is 0.153 e. The van der Waals surface area contributed by atoms with Crippen LogP contribution in [0.3, 0.4) is 0 Å². The molecule has 0 spiro atoms. The van der Waals surface area contributed by atoms with Crippen LogP contribution in [0.4, 0.5) is 5.69 Å². The van der Waals surface area contributed by atoms with Crippen LogP contribution >= 0.6 is 11.6 Å². The van der Waals surface area contributed by atoms with Gasteiger partial charge in [-0.2, -0.15) is 5.10 Å². The highest BCUT2D eigenvalue weighted by Crippen LogP contribution is 2.35. The number of hydrogen-bond donors (Lipinski definition) is 1. The Bertz CT molecular complexity index is 303. The first-order chi connectivity index (χ1) is 6.29. The van der Waals surface area contributed by atoms with Gasteiger partial charge in [-0.05, 0) is 12.3 Å². The van der Waals surface area contributed by atoms with E-state index in [0.717, 1.165) is 11.6 Å². The fourth-order valence-electron chi connectivity index (χ4n) is 1.51. The minimum atomic E-state index is 0.443. The molecule has 2 rings (SSSR count). The molecule has 1 N–H and O–H groups in total. The molecule has 70 valence electrons. The average molecular weight is 198 g/mol. The summed E-state index contributed by atoms with van der Waals surface area (Å²) in [6, 6.07) is 2.42. The number of rotatable bonds is 3. The van der Waals surface area contributed by atoms with Crippen LogP contribution < -0.4 is 5.32 Å². The topological polar surface area (TPSA) is 37.8 Å². The van der Waals surface area contributed by atoms with Gasteiger partial charge in [0.1, 0.15) is 0 Å². The van der Waals surface area contributed by atoms with Crippen LogP contribution in [-0.2, 0) is 0 Å². The molecule has 0 saturated heterocycles. The molecule has 4 heteroatoms. The molecule has 2 unspecified atom stereocenters. The van der Waals surface area contributed by atoms with Crippen LogP contribution in [0.2, 0.25) is 5.15 Å². The number of anilines is 1. The van der Waals surface area contributed by atoms with Crippen molar-refractivity contribution in [3.05, 3.63) is 17.4 Å². The van der Waals surface area contributed by atoms with Crippen molar-refractivity contribution in [3.8, 4) is 0 Å². The highest BCUT2D eigenvalue weighted by atomic mass is 35.5.